The first kappa shape index (κ1) is 47.1. The lowest BCUT2D eigenvalue weighted by Gasteiger charge is -2.50. The number of carbonyl (C=O) groups excluding carboxylic acids is 2. The summed E-state index contributed by atoms with van der Waals surface area (Å²) in [6.45, 7) is -1.48. The highest BCUT2D eigenvalue weighted by atomic mass is 16.8. The van der Waals surface area contributed by atoms with E-state index < -0.39 is 136 Å². The molecule has 3 fully saturated rings. The molecule has 0 bridgehead atoms. The maximum atomic E-state index is 12.7. The highest BCUT2D eigenvalue weighted by molar-refractivity contribution is 5.76. The van der Waals surface area contributed by atoms with Crippen LogP contribution in [0, 0.1) is 0 Å². The Morgan fingerprint density at radius 2 is 1.49 bits per heavy atom. The molecule has 16 atom stereocenters. The smallest absolute Gasteiger partial charge is 0.364 e. The Morgan fingerprint density at radius 1 is 0.873 bits per heavy atom. The van der Waals surface area contributed by atoms with Crippen LogP contribution in [0.5, 0.6) is 0 Å². The predicted octanol–water partition coefficient (Wildman–Crippen LogP) is -5.33. The van der Waals surface area contributed by atoms with Gasteiger partial charge >= 0.3 is 11.9 Å². The van der Waals surface area contributed by atoms with Gasteiger partial charge in [0.15, 0.2) is 12.6 Å². The normalized spacial score (nSPS) is 37.9. The number of nitrogens with two attached hydrogens (primary N) is 1. The van der Waals surface area contributed by atoms with E-state index in [1.54, 1.807) is 0 Å². The Morgan fingerprint density at radius 3 is 2.07 bits per heavy atom. The zero-order chi connectivity index (χ0) is 41.0. The summed E-state index contributed by atoms with van der Waals surface area (Å²) < 4.78 is 38.7. The van der Waals surface area contributed by atoms with E-state index in [1.807, 2.05) is 0 Å². The first-order chi connectivity index (χ1) is 26.0. The number of nitrogens with one attached hydrogen (secondary N) is 1. The second-order valence-electron chi connectivity index (χ2n) is 13.9. The second kappa shape index (κ2) is 22.1. The van der Waals surface area contributed by atoms with E-state index in [2.05, 4.69) is 10.1 Å². The standard InChI is InChI=1S/C33H58N2O20/c1-15(39)35-22-16(40)11-33(32(47)48,54-28(22)23(43)17(41)12-36)55-29-24(44)18(13-37)51-31(26(29)46)53-27-19(14-38)52-30(21(34)25(27)45)50-10-8-6-4-3-5-7-9-20(42)49-2/h16-19,21-31,36-38,40-41,43-46H,3-14,34H2,1-2H3,(H,35,39)(H,47,48)/t16-,17+,18+,19+,21+,22+,23+,24-,25+,26+,27+,28+,29-,30+,31-,33-/m0/s1. The van der Waals surface area contributed by atoms with Gasteiger partial charge in [-0.3, -0.25) is 9.59 Å². The van der Waals surface area contributed by atoms with E-state index in [1.165, 1.54) is 7.11 Å². The molecule has 0 aromatic rings. The van der Waals surface area contributed by atoms with E-state index in [0.717, 1.165) is 39.0 Å². The molecule has 0 aromatic heterocycles. The van der Waals surface area contributed by atoms with Crippen molar-refractivity contribution in [3.05, 3.63) is 0 Å². The molecule has 22 nitrogen and oxygen atoms in total. The maximum Gasteiger partial charge on any atom is 0.364 e. The summed E-state index contributed by atoms with van der Waals surface area (Å²) in [5.41, 5.74) is 6.21. The summed E-state index contributed by atoms with van der Waals surface area (Å²) in [5.74, 6) is -5.95. The number of aliphatic hydroxyl groups excluding tert-OH is 9. The van der Waals surface area contributed by atoms with Gasteiger partial charge in [-0.15, -0.1) is 0 Å². The molecular weight excluding hydrogens is 744 g/mol. The van der Waals surface area contributed by atoms with Crippen LogP contribution < -0.4 is 11.1 Å². The maximum absolute atomic E-state index is 12.7. The molecule has 0 unspecified atom stereocenters. The zero-order valence-corrected chi connectivity index (χ0v) is 30.8. The van der Waals surface area contributed by atoms with Crippen molar-refractivity contribution in [3.8, 4) is 0 Å². The number of carboxylic acids is 1. The van der Waals surface area contributed by atoms with Gasteiger partial charge in [0.1, 0.15) is 61.0 Å². The van der Waals surface area contributed by atoms with Crippen LogP contribution in [0.3, 0.4) is 0 Å². The molecule has 320 valence electrons. The molecule has 22 heteroatoms. The van der Waals surface area contributed by atoms with E-state index in [9.17, 15) is 65.4 Å². The number of esters is 1. The van der Waals surface area contributed by atoms with Crippen LogP contribution in [0.25, 0.3) is 0 Å². The van der Waals surface area contributed by atoms with Gasteiger partial charge in [-0.1, -0.05) is 25.7 Å². The number of carboxylic acid groups (broad SMARTS) is 1. The van der Waals surface area contributed by atoms with E-state index in [-0.39, 0.29) is 12.6 Å². The molecule has 0 spiro atoms. The highest BCUT2D eigenvalue weighted by Crippen LogP contribution is 2.38. The fourth-order valence-corrected chi connectivity index (χ4v) is 6.71. The SMILES string of the molecule is COC(=O)CCCCCCCCO[C@@H]1O[C@H](CO)[C@@H](O[C@@H]2O[C@H](CO)[C@H](O)[C@H](O[C@]3(C(=O)O)C[C@H](O)[C@@H](NC(C)=O)[C@H]([C@H](O)[C@H](O)CO)O3)[C@H]2O)[C@H](O)[C@H]1N. The average molecular weight is 803 g/mol. The van der Waals surface area contributed by atoms with Crippen LogP contribution in [0.1, 0.15) is 58.3 Å². The monoisotopic (exact) mass is 802 g/mol. The number of hydrogen-bond acceptors (Lipinski definition) is 20. The highest BCUT2D eigenvalue weighted by Gasteiger charge is 2.60. The van der Waals surface area contributed by atoms with Gasteiger partial charge < -0.3 is 95.3 Å². The molecule has 0 radical (unpaired) electrons. The molecule has 1 amide bonds. The van der Waals surface area contributed by atoms with E-state index >= 15 is 0 Å². The van der Waals surface area contributed by atoms with Gasteiger partial charge in [0.2, 0.25) is 5.91 Å². The van der Waals surface area contributed by atoms with Crippen molar-refractivity contribution in [1.29, 1.82) is 0 Å². The van der Waals surface area contributed by atoms with Gasteiger partial charge in [-0.2, -0.15) is 0 Å². The van der Waals surface area contributed by atoms with Gasteiger partial charge in [0.25, 0.3) is 5.79 Å². The van der Waals surface area contributed by atoms with E-state index in [0.29, 0.717) is 12.8 Å². The van der Waals surface area contributed by atoms with Crippen molar-refractivity contribution >= 4 is 17.8 Å². The number of ether oxygens (including phenoxy) is 7. The number of aliphatic carboxylic acids is 1. The summed E-state index contributed by atoms with van der Waals surface area (Å²) >= 11 is 0. The fourth-order valence-electron chi connectivity index (χ4n) is 6.71. The number of hydrogen-bond donors (Lipinski definition) is 12. The molecule has 0 saturated carbocycles. The zero-order valence-electron chi connectivity index (χ0n) is 30.8. The Labute approximate surface area is 317 Å². The summed E-state index contributed by atoms with van der Waals surface area (Å²) in [6, 6.07) is -2.79. The van der Waals surface area contributed by atoms with Crippen molar-refractivity contribution in [2.45, 2.75) is 156 Å². The summed E-state index contributed by atoms with van der Waals surface area (Å²) in [7, 11) is 1.34. The lowest BCUT2D eigenvalue weighted by molar-refractivity contribution is -0.382. The summed E-state index contributed by atoms with van der Waals surface area (Å²) in [4.78, 5) is 35.8. The second-order valence-corrected chi connectivity index (χ2v) is 13.9. The van der Waals surface area contributed by atoms with Gasteiger partial charge in [0.05, 0.1) is 45.1 Å². The minimum Gasteiger partial charge on any atom is -0.477 e. The Bertz CT molecular complexity index is 1200. The van der Waals surface area contributed by atoms with Crippen molar-refractivity contribution in [1.82, 2.24) is 5.32 Å². The molecule has 3 aliphatic rings. The van der Waals surface area contributed by atoms with Crippen molar-refractivity contribution in [3.63, 3.8) is 0 Å². The topological polar surface area (TPSA) is 356 Å². The molecule has 3 aliphatic heterocycles. The summed E-state index contributed by atoms with van der Waals surface area (Å²) in [5, 5.41) is 107. The van der Waals surface area contributed by atoms with Crippen LogP contribution >= 0.6 is 0 Å². The Kier molecular flexibility index (Phi) is 18.9. The number of rotatable bonds is 21. The number of methoxy groups -OCH3 is 1. The van der Waals surface area contributed by atoms with Crippen LogP contribution in [0.15, 0.2) is 0 Å². The first-order valence-corrected chi connectivity index (χ1v) is 18.2. The quantitative estimate of drug-likeness (QED) is 0.0381. The molecule has 13 N–H and O–H groups in total. The first-order valence-electron chi connectivity index (χ1n) is 18.2. The Hall–Kier alpha value is -2.23. The van der Waals surface area contributed by atoms with Crippen LogP contribution in [0.2, 0.25) is 0 Å². The van der Waals surface area contributed by atoms with E-state index in [4.69, 9.17) is 34.2 Å². The van der Waals surface area contributed by atoms with Gasteiger partial charge in [0, 0.05) is 26.4 Å². The third kappa shape index (κ3) is 12.1. The predicted molar refractivity (Wildman–Crippen MR) is 180 cm³/mol. The molecule has 3 rings (SSSR count). The molecular formula is C33H58N2O20. The van der Waals surface area contributed by atoms with Crippen molar-refractivity contribution in [2.24, 2.45) is 5.73 Å². The minimum absolute atomic E-state index is 0.195. The average Bonchev–Trinajstić information content (AvgIpc) is 3.15. The molecule has 3 saturated heterocycles. The number of aliphatic hydroxyl groups is 9. The molecule has 0 aliphatic carbocycles. The third-order valence-electron chi connectivity index (χ3n) is 9.81. The largest absolute Gasteiger partial charge is 0.477 e. The van der Waals surface area contributed by atoms with Crippen molar-refractivity contribution < 1.29 is 98.6 Å². The number of unbranched alkanes of at least 4 members (excludes halogenated alkanes) is 5. The third-order valence-corrected chi connectivity index (χ3v) is 9.81. The fraction of sp³-hybridized carbons (Fsp3) is 0.909. The van der Waals surface area contributed by atoms with Gasteiger partial charge in [-0.25, -0.2) is 4.79 Å². The van der Waals surface area contributed by atoms with Crippen molar-refractivity contribution in [2.75, 3.05) is 33.5 Å². The lowest BCUT2D eigenvalue weighted by atomic mass is 9.88. The van der Waals surface area contributed by atoms with Crippen LogP contribution in [-0.4, -0.2) is 200 Å². The minimum atomic E-state index is -3.01. The molecule has 0 aromatic carbocycles. The number of amides is 1. The Balaban J connectivity index is 1.71. The lowest BCUT2D eigenvalue weighted by Crippen LogP contribution is -2.71. The van der Waals surface area contributed by atoms with Crippen LogP contribution in [0.4, 0.5) is 0 Å². The number of carbonyl (C=O) groups is 3. The molecule has 55 heavy (non-hydrogen) atoms. The van der Waals surface area contributed by atoms with Crippen LogP contribution in [-0.2, 0) is 47.5 Å². The van der Waals surface area contributed by atoms with Gasteiger partial charge in [-0.05, 0) is 12.8 Å². The summed E-state index contributed by atoms with van der Waals surface area (Å²) in [6.07, 6.45) is -19.1. The molecule has 3 heterocycles.